The van der Waals surface area contributed by atoms with E-state index >= 15 is 0 Å². The molecule has 1 N–H and O–H groups in total. The number of hydrogen-bond donors (Lipinski definition) is 1. The predicted molar refractivity (Wildman–Crippen MR) is 72.2 cm³/mol. The van der Waals surface area contributed by atoms with E-state index in [-0.39, 0.29) is 17.7 Å². The number of nitrogens with zero attached hydrogens (tertiary/aromatic N) is 1. The summed E-state index contributed by atoms with van der Waals surface area (Å²) in [6, 6.07) is -0.264. The van der Waals surface area contributed by atoms with Crippen LogP contribution in [0.4, 0.5) is 0 Å². The molecule has 1 atom stereocenters. The first kappa shape index (κ1) is 15.4. The van der Waals surface area contributed by atoms with Crippen LogP contribution in [0.3, 0.4) is 0 Å². The van der Waals surface area contributed by atoms with Gasteiger partial charge in [0, 0.05) is 18.8 Å². The Bertz CT molecular complexity index is 377. The fraction of sp³-hybridized carbons (Fsp3) is 0.917. The Morgan fingerprint density at radius 3 is 2.50 bits per heavy atom. The maximum atomic E-state index is 12.0. The van der Waals surface area contributed by atoms with Crippen molar-refractivity contribution < 1.29 is 13.2 Å². The first-order valence-electron chi connectivity index (χ1n) is 6.51. The van der Waals surface area contributed by atoms with Crippen molar-refractivity contribution in [2.45, 2.75) is 32.7 Å². The highest BCUT2D eigenvalue weighted by atomic mass is 32.2. The summed E-state index contributed by atoms with van der Waals surface area (Å²) >= 11 is 0. The van der Waals surface area contributed by atoms with E-state index in [9.17, 15) is 13.2 Å². The van der Waals surface area contributed by atoms with Crippen LogP contribution in [0, 0.1) is 5.92 Å². The maximum absolute atomic E-state index is 12.0. The van der Waals surface area contributed by atoms with E-state index in [1.807, 2.05) is 6.92 Å². The number of carbonyl (C=O) groups excluding carboxylic acids is 1. The zero-order valence-corrected chi connectivity index (χ0v) is 12.3. The highest BCUT2D eigenvalue weighted by Gasteiger charge is 2.23. The SMILES string of the molecule is CCN(C(=O)CNCC1CC1)C(C)CS(C)(=O)=O. The van der Waals surface area contributed by atoms with Crippen molar-refractivity contribution in [2.75, 3.05) is 31.6 Å². The van der Waals surface area contributed by atoms with Gasteiger partial charge in [0.2, 0.25) is 5.91 Å². The molecule has 1 unspecified atom stereocenters. The van der Waals surface area contributed by atoms with Crippen LogP contribution in [0.15, 0.2) is 0 Å². The molecule has 5 nitrogen and oxygen atoms in total. The lowest BCUT2D eigenvalue weighted by Gasteiger charge is -2.27. The number of hydrogen-bond acceptors (Lipinski definition) is 4. The van der Waals surface area contributed by atoms with Crippen molar-refractivity contribution in [3.63, 3.8) is 0 Å². The maximum Gasteiger partial charge on any atom is 0.236 e. The van der Waals surface area contributed by atoms with Crippen molar-refractivity contribution in [3.8, 4) is 0 Å². The van der Waals surface area contributed by atoms with Gasteiger partial charge in [0.25, 0.3) is 0 Å². The number of carbonyl (C=O) groups is 1. The highest BCUT2D eigenvalue weighted by molar-refractivity contribution is 7.90. The molecule has 6 heteroatoms. The van der Waals surface area contributed by atoms with Crippen molar-refractivity contribution in [1.82, 2.24) is 10.2 Å². The van der Waals surface area contributed by atoms with Crippen molar-refractivity contribution in [1.29, 1.82) is 0 Å². The fourth-order valence-corrected chi connectivity index (χ4v) is 3.12. The van der Waals surface area contributed by atoms with Crippen LogP contribution in [0.5, 0.6) is 0 Å². The molecule has 1 rings (SSSR count). The van der Waals surface area contributed by atoms with Gasteiger partial charge in [0.1, 0.15) is 9.84 Å². The monoisotopic (exact) mass is 276 g/mol. The van der Waals surface area contributed by atoms with Gasteiger partial charge in [-0.15, -0.1) is 0 Å². The molecular formula is C12H24N2O3S. The van der Waals surface area contributed by atoms with Crippen molar-refractivity contribution in [2.24, 2.45) is 5.92 Å². The molecule has 1 saturated carbocycles. The Morgan fingerprint density at radius 2 is 2.06 bits per heavy atom. The Morgan fingerprint density at radius 1 is 1.44 bits per heavy atom. The van der Waals surface area contributed by atoms with Gasteiger partial charge < -0.3 is 10.2 Å². The third-order valence-corrected chi connectivity index (χ3v) is 4.23. The lowest BCUT2D eigenvalue weighted by atomic mass is 10.3. The summed E-state index contributed by atoms with van der Waals surface area (Å²) < 4.78 is 22.5. The zero-order valence-electron chi connectivity index (χ0n) is 11.5. The molecular weight excluding hydrogens is 252 g/mol. The average Bonchev–Trinajstić information content (AvgIpc) is 2.99. The second-order valence-corrected chi connectivity index (χ2v) is 7.38. The summed E-state index contributed by atoms with van der Waals surface area (Å²) in [7, 11) is -3.05. The molecule has 0 aromatic rings. The summed E-state index contributed by atoms with van der Waals surface area (Å²) in [5.74, 6) is 0.741. The van der Waals surface area contributed by atoms with Gasteiger partial charge in [-0.3, -0.25) is 4.79 Å². The summed E-state index contributed by atoms with van der Waals surface area (Å²) in [6.45, 7) is 5.39. The quantitative estimate of drug-likeness (QED) is 0.691. The lowest BCUT2D eigenvalue weighted by Crippen LogP contribution is -2.46. The summed E-state index contributed by atoms with van der Waals surface area (Å²) in [4.78, 5) is 13.6. The van der Waals surface area contributed by atoms with E-state index in [0.717, 1.165) is 12.5 Å². The Balaban J connectivity index is 2.39. The van der Waals surface area contributed by atoms with Crippen LogP contribution in [-0.2, 0) is 14.6 Å². The van der Waals surface area contributed by atoms with Gasteiger partial charge in [-0.2, -0.15) is 0 Å². The molecule has 0 aromatic heterocycles. The molecule has 106 valence electrons. The second kappa shape index (κ2) is 6.52. The number of rotatable bonds is 8. The van der Waals surface area contributed by atoms with Gasteiger partial charge >= 0.3 is 0 Å². The van der Waals surface area contributed by atoms with Gasteiger partial charge in [0.15, 0.2) is 0 Å². The molecule has 0 aromatic carbocycles. The Hall–Kier alpha value is -0.620. The first-order chi connectivity index (χ1) is 8.33. The van der Waals surface area contributed by atoms with Crippen LogP contribution in [-0.4, -0.2) is 56.9 Å². The molecule has 0 spiro atoms. The summed E-state index contributed by atoms with van der Waals surface area (Å²) in [6.07, 6.45) is 3.71. The van der Waals surface area contributed by atoms with Gasteiger partial charge in [-0.05, 0) is 39.2 Å². The normalized spacial score (nSPS) is 17.5. The molecule has 1 fully saturated rings. The molecule has 1 aliphatic rings. The zero-order chi connectivity index (χ0) is 13.8. The predicted octanol–water partition coefficient (Wildman–Crippen LogP) is 0.268. The molecule has 1 amide bonds. The smallest absolute Gasteiger partial charge is 0.236 e. The molecule has 18 heavy (non-hydrogen) atoms. The minimum Gasteiger partial charge on any atom is -0.338 e. The minimum absolute atomic E-state index is 0.0192. The van der Waals surface area contributed by atoms with E-state index in [1.165, 1.54) is 19.1 Å². The largest absolute Gasteiger partial charge is 0.338 e. The number of sulfone groups is 1. The van der Waals surface area contributed by atoms with Gasteiger partial charge in [-0.1, -0.05) is 0 Å². The molecule has 0 radical (unpaired) electrons. The molecule has 0 saturated heterocycles. The molecule has 1 aliphatic carbocycles. The molecule has 0 aliphatic heterocycles. The third-order valence-electron chi connectivity index (χ3n) is 3.14. The topological polar surface area (TPSA) is 66.5 Å². The van der Waals surface area contributed by atoms with Crippen LogP contribution in [0.25, 0.3) is 0 Å². The third kappa shape index (κ3) is 5.82. The minimum atomic E-state index is -3.05. The number of likely N-dealkylation sites (N-methyl/N-ethyl adjacent to an activating group) is 1. The highest BCUT2D eigenvalue weighted by Crippen LogP contribution is 2.27. The van der Waals surface area contributed by atoms with E-state index in [4.69, 9.17) is 0 Å². The summed E-state index contributed by atoms with van der Waals surface area (Å²) in [5, 5.41) is 3.14. The van der Waals surface area contributed by atoms with Crippen molar-refractivity contribution in [3.05, 3.63) is 0 Å². The van der Waals surface area contributed by atoms with Gasteiger partial charge in [-0.25, -0.2) is 8.42 Å². The Kier molecular flexibility index (Phi) is 5.59. The number of amides is 1. The molecule has 0 heterocycles. The van der Waals surface area contributed by atoms with E-state index in [0.29, 0.717) is 13.1 Å². The van der Waals surface area contributed by atoms with Crippen LogP contribution < -0.4 is 5.32 Å². The number of nitrogens with one attached hydrogen (secondary N) is 1. The van der Waals surface area contributed by atoms with Crippen LogP contribution in [0.1, 0.15) is 26.7 Å². The molecule has 0 bridgehead atoms. The van der Waals surface area contributed by atoms with Crippen LogP contribution >= 0.6 is 0 Å². The van der Waals surface area contributed by atoms with E-state index in [2.05, 4.69) is 5.32 Å². The van der Waals surface area contributed by atoms with Crippen LogP contribution in [0.2, 0.25) is 0 Å². The standard InChI is InChI=1S/C12H24N2O3S/c1-4-14(10(2)9-18(3,16)17)12(15)8-13-7-11-5-6-11/h10-11,13H,4-9H2,1-3H3. The average molecular weight is 276 g/mol. The second-order valence-electron chi connectivity index (χ2n) is 5.20. The summed E-state index contributed by atoms with van der Waals surface area (Å²) in [5.41, 5.74) is 0. The van der Waals surface area contributed by atoms with Crippen molar-refractivity contribution >= 4 is 15.7 Å². The van der Waals surface area contributed by atoms with E-state index in [1.54, 1.807) is 11.8 Å². The fourth-order valence-electron chi connectivity index (χ4n) is 2.07. The van der Waals surface area contributed by atoms with Gasteiger partial charge in [0.05, 0.1) is 12.3 Å². The Labute approximate surface area is 110 Å². The lowest BCUT2D eigenvalue weighted by molar-refractivity contribution is -0.131. The first-order valence-corrected chi connectivity index (χ1v) is 8.57. The van der Waals surface area contributed by atoms with E-state index < -0.39 is 9.84 Å².